The average Bonchev–Trinajstić information content (AvgIpc) is 0.827. The Bertz CT molecular complexity index is 2810. The Balaban J connectivity index is 9.23. The van der Waals surface area contributed by atoms with Crippen molar-refractivity contribution in [2.45, 2.75) is 414 Å². The molecule has 110 heavy (non-hydrogen) atoms. The molecule has 632 valence electrons. The van der Waals surface area contributed by atoms with Gasteiger partial charge in [0.1, 0.15) is 63.1 Å². The Labute approximate surface area is 656 Å². The maximum atomic E-state index is 15.4. The number of carbonyl (C=O) groups is 13. The SMILES string of the molecule is C#CCOCC(N)C(=O)NC(CCC(=O)NC(CCC(=O)OC(C)(C)C)C(CCC(=O)OC(C)(C)C)CC(=O)OC(C)(C)C)(CCC(=O)NC(CCC(=O)OC(C)(C)C)(CCC(=O)OC(C)(C)C)CCC(=O)OC(C)(C)C)CCC(=O)NC(CCC(=O)OC(C)(C)C)(CCC(=O)OC(C)(C)C)CCC(=O)OC(C)(C)C. The Kier molecular flexibility index (Phi) is 41.2. The van der Waals surface area contributed by atoms with Gasteiger partial charge in [-0.1, -0.05) is 5.92 Å². The molecule has 0 aromatic heterocycles. The molecule has 28 nitrogen and oxygen atoms in total. The molecule has 0 aliphatic heterocycles. The van der Waals surface area contributed by atoms with Crippen LogP contribution < -0.4 is 27.0 Å². The lowest BCUT2D eigenvalue weighted by Crippen LogP contribution is -2.57. The summed E-state index contributed by atoms with van der Waals surface area (Å²) in [5, 5.41) is 12.1. The third-order valence-electron chi connectivity index (χ3n) is 15.9. The number of nitrogens with two attached hydrogens (primary N) is 1. The molecule has 3 unspecified atom stereocenters. The molecule has 0 aromatic rings. The Morgan fingerprint density at radius 1 is 0.309 bits per heavy atom. The molecule has 3 atom stereocenters. The maximum Gasteiger partial charge on any atom is 0.306 e. The lowest BCUT2D eigenvalue weighted by atomic mass is 9.80. The highest BCUT2D eigenvalue weighted by molar-refractivity contribution is 5.84. The van der Waals surface area contributed by atoms with Crippen molar-refractivity contribution in [1.82, 2.24) is 21.3 Å². The minimum atomic E-state index is -1.87. The van der Waals surface area contributed by atoms with E-state index in [1.54, 1.807) is 187 Å². The number of esters is 9. The van der Waals surface area contributed by atoms with Gasteiger partial charge in [-0.2, -0.15) is 0 Å². The number of ether oxygens (including phenoxy) is 10. The molecule has 6 N–H and O–H groups in total. The first kappa shape index (κ1) is 103. The summed E-state index contributed by atoms with van der Waals surface area (Å²) in [5.41, 5.74) is -6.92. The molecule has 0 saturated carbocycles. The van der Waals surface area contributed by atoms with Crippen LogP contribution in [0.1, 0.15) is 335 Å². The number of nitrogens with one attached hydrogen (secondary N) is 4. The smallest absolute Gasteiger partial charge is 0.306 e. The van der Waals surface area contributed by atoms with E-state index in [1.807, 2.05) is 0 Å². The molecule has 0 bridgehead atoms. The lowest BCUT2D eigenvalue weighted by Gasteiger charge is -2.39. The highest BCUT2D eigenvalue weighted by Crippen LogP contribution is 2.35. The first-order valence-corrected chi connectivity index (χ1v) is 38.6. The highest BCUT2D eigenvalue weighted by Gasteiger charge is 2.42. The Hall–Kier alpha value is -7.41. The molecule has 0 fully saturated rings. The average molecular weight is 1570 g/mol. The van der Waals surface area contributed by atoms with Gasteiger partial charge in [-0.05, 0) is 263 Å². The highest BCUT2D eigenvalue weighted by atomic mass is 16.6. The van der Waals surface area contributed by atoms with Gasteiger partial charge in [-0.15, -0.1) is 6.42 Å². The van der Waals surface area contributed by atoms with Gasteiger partial charge < -0.3 is 74.4 Å². The predicted octanol–water partition coefficient (Wildman–Crippen LogP) is 11.7. The van der Waals surface area contributed by atoms with E-state index in [4.69, 9.17) is 59.5 Å². The third kappa shape index (κ3) is 52.7. The van der Waals surface area contributed by atoms with Crippen LogP contribution in [0.2, 0.25) is 0 Å². The summed E-state index contributed by atoms with van der Waals surface area (Å²) in [6, 6.07) is -2.56. The number of rotatable bonds is 44. The van der Waals surface area contributed by atoms with Gasteiger partial charge >= 0.3 is 53.7 Å². The Morgan fingerprint density at radius 3 is 0.800 bits per heavy atom. The number of hydrogen-bond donors (Lipinski definition) is 5. The van der Waals surface area contributed by atoms with E-state index in [0.29, 0.717) is 0 Å². The normalized spacial score (nSPS) is 13.7. The van der Waals surface area contributed by atoms with E-state index >= 15 is 14.4 Å². The van der Waals surface area contributed by atoms with Crippen LogP contribution in [0.15, 0.2) is 0 Å². The van der Waals surface area contributed by atoms with Crippen LogP contribution in [-0.4, -0.2) is 170 Å². The molecule has 0 aliphatic rings. The van der Waals surface area contributed by atoms with Gasteiger partial charge in [0.15, 0.2) is 0 Å². The van der Waals surface area contributed by atoms with Crippen LogP contribution in [0.3, 0.4) is 0 Å². The molecule has 0 spiro atoms. The second-order valence-electron chi connectivity index (χ2n) is 37.7. The Morgan fingerprint density at radius 2 is 0.536 bits per heavy atom. The van der Waals surface area contributed by atoms with Crippen LogP contribution in [0, 0.1) is 18.3 Å². The second kappa shape index (κ2) is 44.1. The molecule has 0 radical (unpaired) electrons. The van der Waals surface area contributed by atoms with Gasteiger partial charge in [0, 0.05) is 93.3 Å². The van der Waals surface area contributed by atoms with Gasteiger partial charge in [0.05, 0.1) is 13.0 Å². The van der Waals surface area contributed by atoms with Crippen molar-refractivity contribution in [2.75, 3.05) is 13.2 Å². The molecular weight excluding hydrogens is 1420 g/mol. The minimum absolute atomic E-state index is 0.0547. The van der Waals surface area contributed by atoms with E-state index in [1.165, 1.54) is 0 Å². The molecular formula is C82H141N5O23. The van der Waals surface area contributed by atoms with Gasteiger partial charge in [0.2, 0.25) is 23.6 Å². The van der Waals surface area contributed by atoms with Crippen LogP contribution >= 0.6 is 0 Å². The number of terminal acetylenes is 1. The molecule has 0 saturated heterocycles. The molecule has 0 aromatic carbocycles. The summed E-state index contributed by atoms with van der Waals surface area (Å²) < 4.78 is 56.8. The van der Waals surface area contributed by atoms with E-state index in [2.05, 4.69) is 27.2 Å². The maximum absolute atomic E-state index is 15.4. The zero-order chi connectivity index (χ0) is 85.5. The fourth-order valence-electron chi connectivity index (χ4n) is 11.6. The lowest BCUT2D eigenvalue weighted by molar-refractivity contribution is -0.159. The van der Waals surface area contributed by atoms with Crippen LogP contribution in [-0.2, 0) is 110 Å². The van der Waals surface area contributed by atoms with Crippen molar-refractivity contribution in [1.29, 1.82) is 0 Å². The summed E-state index contributed by atoms with van der Waals surface area (Å²) in [4.78, 5) is 184. The van der Waals surface area contributed by atoms with Crippen molar-refractivity contribution in [2.24, 2.45) is 11.7 Å². The van der Waals surface area contributed by atoms with E-state index in [9.17, 15) is 47.9 Å². The number of carbonyl (C=O) groups excluding carboxylic acids is 13. The van der Waals surface area contributed by atoms with E-state index in [-0.39, 0.29) is 116 Å². The zero-order valence-corrected chi connectivity index (χ0v) is 72.0. The molecule has 28 heteroatoms. The van der Waals surface area contributed by atoms with Crippen LogP contribution in [0.4, 0.5) is 0 Å². The van der Waals surface area contributed by atoms with Crippen LogP contribution in [0.5, 0.6) is 0 Å². The third-order valence-corrected chi connectivity index (χ3v) is 15.9. The van der Waals surface area contributed by atoms with Gasteiger partial charge in [-0.25, -0.2) is 0 Å². The molecule has 0 aliphatic carbocycles. The topological polar surface area (TPSA) is 388 Å². The zero-order valence-electron chi connectivity index (χ0n) is 72.0. The summed E-state index contributed by atoms with van der Waals surface area (Å²) in [6.45, 7) is 44.5. The molecule has 0 rings (SSSR count). The van der Waals surface area contributed by atoms with Gasteiger partial charge in [-0.3, -0.25) is 62.3 Å². The standard InChI is InChI=1S/C82H141N5O23/c1-29-52-101-54-56(83)70(100)87-82(43-34-58(88)84-57(31-33-62(92)103-72(5,6)7)55(53-69(99)110-79(26,27)28)30-32-61(91)102-71(2,3)4,44-35-59(89)85-80(46-37-63(93)104-73(8,9)10,47-38-64(94)105-74(11,12)13)48-39-65(95)106-75(14,15)16)45-36-60(90)86-81(49-40-66(96)107-76(17,18)19,50-41-67(97)108-77(20,21)22)51-42-68(98)109-78(23,24)25/h1,55-57H,30-54,83H2,2-28H3,(H,84,88)(H,85,89)(H,86,90)(H,87,100). The van der Waals surface area contributed by atoms with Gasteiger partial charge in [0.25, 0.3) is 0 Å². The summed E-state index contributed by atoms with van der Waals surface area (Å²) in [5.74, 6) is -7.69. The van der Waals surface area contributed by atoms with Crippen molar-refractivity contribution >= 4 is 77.4 Å². The van der Waals surface area contributed by atoms with Crippen molar-refractivity contribution in [3.8, 4) is 12.3 Å². The second-order valence-corrected chi connectivity index (χ2v) is 37.7. The predicted molar refractivity (Wildman–Crippen MR) is 414 cm³/mol. The summed E-state index contributed by atoms with van der Waals surface area (Å²) in [6.07, 6.45) is -1.55. The van der Waals surface area contributed by atoms with Crippen molar-refractivity contribution in [3.63, 3.8) is 0 Å². The fraction of sp³-hybridized carbons (Fsp3) is 0.817. The fourth-order valence-corrected chi connectivity index (χ4v) is 11.6. The number of amides is 4. The first-order chi connectivity index (χ1) is 49.6. The summed E-state index contributed by atoms with van der Waals surface area (Å²) in [7, 11) is 0. The molecule has 4 amide bonds. The summed E-state index contributed by atoms with van der Waals surface area (Å²) >= 11 is 0. The minimum Gasteiger partial charge on any atom is -0.460 e. The monoisotopic (exact) mass is 1560 g/mol. The molecule has 0 heterocycles. The quantitative estimate of drug-likeness (QED) is 0.0164. The van der Waals surface area contributed by atoms with E-state index < -0.39 is 208 Å². The number of hydrogen-bond acceptors (Lipinski definition) is 24. The largest absolute Gasteiger partial charge is 0.460 e. The van der Waals surface area contributed by atoms with Crippen molar-refractivity contribution < 1.29 is 110 Å². The first-order valence-electron chi connectivity index (χ1n) is 38.6. The van der Waals surface area contributed by atoms with Crippen molar-refractivity contribution in [3.05, 3.63) is 0 Å². The van der Waals surface area contributed by atoms with E-state index in [0.717, 1.165) is 0 Å². The van der Waals surface area contributed by atoms with Crippen LogP contribution in [0.25, 0.3) is 0 Å².